The third-order valence-electron chi connectivity index (χ3n) is 1.78. The van der Waals surface area contributed by atoms with Crippen LogP contribution < -0.4 is 5.73 Å². The number of rotatable bonds is 2. The van der Waals surface area contributed by atoms with Crippen molar-refractivity contribution in [2.75, 3.05) is 0 Å². The van der Waals surface area contributed by atoms with Crippen LogP contribution in [0, 0.1) is 22.7 Å². The summed E-state index contributed by atoms with van der Waals surface area (Å²) in [5.41, 5.74) is 5.46. The summed E-state index contributed by atoms with van der Waals surface area (Å²) in [5, 5.41) is 18.1. The Kier molecular flexibility index (Phi) is 4.54. The van der Waals surface area contributed by atoms with Crippen LogP contribution in [0.3, 0.4) is 0 Å². The molecule has 1 aromatic rings. The van der Waals surface area contributed by atoms with Crippen molar-refractivity contribution in [1.29, 1.82) is 10.5 Å². The van der Waals surface area contributed by atoms with Gasteiger partial charge in [0.05, 0.1) is 5.02 Å². The van der Waals surface area contributed by atoms with Crippen molar-refractivity contribution in [2.45, 2.75) is 0 Å². The molecule has 0 saturated heterocycles. The lowest BCUT2D eigenvalue weighted by atomic mass is 10.2. The Balaban J connectivity index is 3.08. The van der Waals surface area contributed by atoms with Crippen molar-refractivity contribution in [2.24, 2.45) is 10.7 Å². The van der Waals surface area contributed by atoms with Crippen LogP contribution in [0.5, 0.6) is 0 Å². The molecule has 0 aliphatic carbocycles. The van der Waals surface area contributed by atoms with E-state index in [0.29, 0.717) is 15.6 Å². The van der Waals surface area contributed by atoms with Crippen molar-refractivity contribution in [3.8, 4) is 12.1 Å². The molecule has 0 saturated carbocycles. The Morgan fingerprint density at radius 2 is 2.00 bits per heavy atom. The van der Waals surface area contributed by atoms with Gasteiger partial charge >= 0.3 is 0 Å². The van der Waals surface area contributed by atoms with Crippen LogP contribution in [0.1, 0.15) is 5.56 Å². The molecule has 0 fully saturated rings. The Labute approximate surface area is 108 Å². The van der Waals surface area contributed by atoms with Gasteiger partial charge in [0, 0.05) is 16.8 Å². The van der Waals surface area contributed by atoms with Gasteiger partial charge in [0.1, 0.15) is 17.8 Å². The predicted molar refractivity (Wildman–Crippen MR) is 66.5 cm³/mol. The van der Waals surface area contributed by atoms with Crippen LogP contribution >= 0.6 is 23.2 Å². The van der Waals surface area contributed by atoms with Crippen molar-refractivity contribution in [3.63, 3.8) is 0 Å². The number of allylic oxidation sites excluding steroid dienone is 2. The quantitative estimate of drug-likeness (QED) is 0.658. The summed E-state index contributed by atoms with van der Waals surface area (Å²) < 4.78 is 0. The third-order valence-corrected chi connectivity index (χ3v) is 2.34. The molecular weight excluding hydrogens is 259 g/mol. The Morgan fingerprint density at radius 3 is 2.53 bits per heavy atom. The molecule has 0 aromatic heterocycles. The van der Waals surface area contributed by atoms with Gasteiger partial charge in [-0.2, -0.15) is 10.5 Å². The zero-order valence-electron chi connectivity index (χ0n) is 8.48. The fourth-order valence-electron chi connectivity index (χ4n) is 0.952. The molecule has 17 heavy (non-hydrogen) atoms. The molecule has 84 valence electrons. The number of aliphatic imine (C=N–C) groups is 1. The second-order valence-corrected chi connectivity index (χ2v) is 3.75. The van der Waals surface area contributed by atoms with Gasteiger partial charge in [0.25, 0.3) is 0 Å². The Morgan fingerprint density at radius 1 is 1.29 bits per heavy atom. The van der Waals surface area contributed by atoms with Crippen molar-refractivity contribution >= 4 is 29.4 Å². The lowest BCUT2D eigenvalue weighted by Crippen LogP contribution is -1.97. The number of hydrogen-bond acceptors (Lipinski definition) is 4. The van der Waals surface area contributed by atoms with Crippen molar-refractivity contribution in [1.82, 2.24) is 0 Å². The molecule has 0 bridgehead atoms. The van der Waals surface area contributed by atoms with E-state index in [4.69, 9.17) is 39.5 Å². The normalized spacial score (nSPS) is 11.8. The van der Waals surface area contributed by atoms with E-state index in [1.807, 2.05) is 0 Å². The summed E-state index contributed by atoms with van der Waals surface area (Å²) >= 11 is 11.6. The molecule has 0 spiro atoms. The zero-order chi connectivity index (χ0) is 12.8. The summed E-state index contributed by atoms with van der Waals surface area (Å²) in [6.45, 7) is 0. The van der Waals surface area contributed by atoms with E-state index < -0.39 is 0 Å². The first-order valence-corrected chi connectivity index (χ1v) is 5.13. The number of halogens is 2. The average molecular weight is 265 g/mol. The van der Waals surface area contributed by atoms with Crippen molar-refractivity contribution in [3.05, 3.63) is 45.2 Å². The lowest BCUT2D eigenvalue weighted by Gasteiger charge is -1.97. The molecule has 1 rings (SSSR count). The van der Waals surface area contributed by atoms with E-state index in [1.54, 1.807) is 30.3 Å². The summed E-state index contributed by atoms with van der Waals surface area (Å²) in [7, 11) is 0. The predicted octanol–water partition coefficient (Wildman–Crippen LogP) is 2.63. The summed E-state index contributed by atoms with van der Waals surface area (Å²) in [5.74, 6) is 0. The molecule has 0 heterocycles. The maximum Gasteiger partial charge on any atom is 0.174 e. The summed E-state index contributed by atoms with van der Waals surface area (Å²) in [6, 6.07) is 8.19. The Bertz CT molecular complexity index is 576. The maximum atomic E-state index is 8.71. The minimum absolute atomic E-state index is 0.154. The first kappa shape index (κ1) is 13.1. The van der Waals surface area contributed by atoms with Gasteiger partial charge in [-0.25, -0.2) is 4.99 Å². The lowest BCUT2D eigenvalue weighted by molar-refractivity contribution is 1.27. The van der Waals surface area contributed by atoms with E-state index in [9.17, 15) is 0 Å². The third kappa shape index (κ3) is 3.49. The standard InChI is InChI=1S/C11H6Cl2N4/c12-8-2-1-7(9(13)3-8)6-17-11(5-15)10(16)4-14/h1-3,6H,16H2/b11-10+,17-6?. The topological polar surface area (TPSA) is 86.0 Å². The van der Waals surface area contributed by atoms with Crippen LogP contribution in [0.25, 0.3) is 0 Å². The fourth-order valence-corrected chi connectivity index (χ4v) is 1.41. The summed E-state index contributed by atoms with van der Waals surface area (Å²) in [4.78, 5) is 3.79. The molecule has 0 unspecified atom stereocenters. The van der Waals surface area contributed by atoms with Gasteiger partial charge in [-0.05, 0) is 12.1 Å². The highest BCUT2D eigenvalue weighted by Crippen LogP contribution is 2.19. The van der Waals surface area contributed by atoms with Gasteiger partial charge in [-0.3, -0.25) is 0 Å². The molecule has 4 nitrogen and oxygen atoms in total. The largest absolute Gasteiger partial charge is 0.388 e. The second kappa shape index (κ2) is 5.91. The molecule has 0 atom stereocenters. The molecule has 2 N–H and O–H groups in total. The number of hydrogen-bond donors (Lipinski definition) is 1. The van der Waals surface area contributed by atoms with Crippen LogP contribution in [0.2, 0.25) is 10.0 Å². The maximum absolute atomic E-state index is 8.71. The molecule has 1 aromatic carbocycles. The highest BCUT2D eigenvalue weighted by Gasteiger charge is 2.01. The van der Waals surface area contributed by atoms with E-state index >= 15 is 0 Å². The molecule has 0 aliphatic rings. The SMILES string of the molecule is N#C/C(N)=C(/C#N)N=Cc1ccc(Cl)cc1Cl. The van der Waals surface area contributed by atoms with Crippen LogP contribution in [-0.4, -0.2) is 6.21 Å². The van der Waals surface area contributed by atoms with Gasteiger partial charge in [0.2, 0.25) is 0 Å². The highest BCUT2D eigenvalue weighted by atomic mass is 35.5. The number of benzene rings is 1. The first-order valence-electron chi connectivity index (χ1n) is 4.37. The monoisotopic (exact) mass is 264 g/mol. The minimum atomic E-state index is -0.242. The van der Waals surface area contributed by atoms with E-state index in [1.165, 1.54) is 6.21 Å². The van der Waals surface area contributed by atoms with Crippen LogP contribution in [0.4, 0.5) is 0 Å². The fraction of sp³-hybridized carbons (Fsp3) is 0. The van der Waals surface area contributed by atoms with E-state index in [2.05, 4.69) is 4.99 Å². The van der Waals surface area contributed by atoms with Gasteiger partial charge in [0.15, 0.2) is 5.70 Å². The van der Waals surface area contributed by atoms with Crippen LogP contribution in [-0.2, 0) is 0 Å². The molecule has 0 radical (unpaired) electrons. The highest BCUT2D eigenvalue weighted by molar-refractivity contribution is 6.36. The molecule has 0 aliphatic heterocycles. The van der Waals surface area contributed by atoms with Gasteiger partial charge < -0.3 is 5.73 Å². The zero-order valence-corrected chi connectivity index (χ0v) is 10.00. The molecule has 6 heteroatoms. The first-order chi connectivity index (χ1) is 8.08. The molecule has 0 amide bonds. The number of nitriles is 2. The van der Waals surface area contributed by atoms with E-state index in [0.717, 1.165) is 0 Å². The number of nitrogens with two attached hydrogens (primary N) is 1. The second-order valence-electron chi connectivity index (χ2n) is 2.91. The molecular formula is C11H6Cl2N4. The smallest absolute Gasteiger partial charge is 0.174 e. The van der Waals surface area contributed by atoms with Crippen molar-refractivity contribution < 1.29 is 0 Å². The Hall–Kier alpha value is -2.01. The number of nitrogens with zero attached hydrogens (tertiary/aromatic N) is 3. The van der Waals surface area contributed by atoms with E-state index in [-0.39, 0.29) is 11.4 Å². The summed E-state index contributed by atoms with van der Waals surface area (Å²) in [6.07, 6.45) is 1.35. The van der Waals surface area contributed by atoms with Crippen LogP contribution in [0.15, 0.2) is 34.6 Å². The van der Waals surface area contributed by atoms with Gasteiger partial charge in [-0.1, -0.05) is 29.3 Å². The average Bonchev–Trinajstić information content (AvgIpc) is 2.31. The minimum Gasteiger partial charge on any atom is -0.388 e. The van der Waals surface area contributed by atoms with Gasteiger partial charge in [-0.15, -0.1) is 0 Å².